The Balaban J connectivity index is 2.08. The highest BCUT2D eigenvalue weighted by Crippen LogP contribution is 2.24. The van der Waals surface area contributed by atoms with Gasteiger partial charge in [-0.3, -0.25) is 9.59 Å². The molecule has 1 amide bonds. The predicted molar refractivity (Wildman–Crippen MR) is 96.2 cm³/mol. The molecule has 0 radical (unpaired) electrons. The van der Waals surface area contributed by atoms with Gasteiger partial charge in [-0.15, -0.1) is 0 Å². The monoisotopic (exact) mass is 357 g/mol. The first-order valence-electron chi connectivity index (χ1n) is 8.56. The quantitative estimate of drug-likeness (QED) is 0.477. The summed E-state index contributed by atoms with van der Waals surface area (Å²) in [5.41, 5.74) is 0.463. The zero-order chi connectivity index (χ0) is 18.9. The van der Waals surface area contributed by atoms with Crippen molar-refractivity contribution in [2.75, 3.05) is 32.1 Å². The molecule has 26 heavy (non-hydrogen) atoms. The van der Waals surface area contributed by atoms with Gasteiger partial charge in [0.15, 0.2) is 0 Å². The Morgan fingerprint density at radius 1 is 1.42 bits per heavy atom. The molecule has 1 aromatic carbocycles. The van der Waals surface area contributed by atoms with Gasteiger partial charge in [-0.2, -0.15) is 5.26 Å². The number of carbonyl (C=O) groups excluding carboxylic acids is 2. The molecule has 2 rings (SSSR count). The van der Waals surface area contributed by atoms with E-state index in [0.29, 0.717) is 31.1 Å². The molecule has 1 N–H and O–H groups in total. The molecule has 138 valence electrons. The van der Waals surface area contributed by atoms with Crippen molar-refractivity contribution in [2.45, 2.75) is 19.8 Å². The van der Waals surface area contributed by atoms with E-state index in [-0.39, 0.29) is 17.5 Å². The van der Waals surface area contributed by atoms with E-state index in [9.17, 15) is 14.9 Å². The summed E-state index contributed by atoms with van der Waals surface area (Å²) in [6, 6.07) is 8.90. The number of hydrogen-bond acceptors (Lipinski definition) is 6. The van der Waals surface area contributed by atoms with Crippen molar-refractivity contribution >= 4 is 17.6 Å². The van der Waals surface area contributed by atoms with Gasteiger partial charge in [0.25, 0.3) is 5.91 Å². The van der Waals surface area contributed by atoms with Gasteiger partial charge in [0.2, 0.25) is 0 Å². The van der Waals surface area contributed by atoms with E-state index in [1.165, 1.54) is 13.3 Å². The fraction of sp³-hybridized carbons (Fsp3) is 0.421. The fourth-order valence-electron chi connectivity index (χ4n) is 2.83. The number of nitrogens with zero attached hydrogens (tertiary/aromatic N) is 2. The Labute approximate surface area is 153 Å². The molecule has 1 aliphatic heterocycles. The zero-order valence-electron chi connectivity index (χ0n) is 15.0. The maximum absolute atomic E-state index is 12.4. The van der Waals surface area contributed by atoms with Crippen molar-refractivity contribution in [3.05, 3.63) is 36.0 Å². The number of amides is 1. The number of carbonyl (C=O) groups is 2. The molecule has 1 atom stereocenters. The lowest BCUT2D eigenvalue weighted by atomic mass is 9.98. The lowest BCUT2D eigenvalue weighted by Crippen LogP contribution is -2.37. The van der Waals surface area contributed by atoms with Crippen LogP contribution in [0.15, 0.2) is 36.0 Å². The van der Waals surface area contributed by atoms with Crippen LogP contribution in [-0.2, 0) is 14.3 Å². The number of anilines is 1. The number of rotatable bonds is 6. The number of para-hydroxylation sites is 2. The second-order valence-corrected chi connectivity index (χ2v) is 5.90. The fourth-order valence-corrected chi connectivity index (χ4v) is 2.83. The standard InChI is InChI=1S/C19H23N3O4/c1-3-26-19(24)14-7-6-10-22(12-14)13-15(11-20)18(23)21-16-8-4-5-9-17(16)25-2/h4-5,8-9,13-14H,3,6-7,10,12H2,1-2H3,(H,21,23)/b15-13-. The number of nitriles is 1. The lowest BCUT2D eigenvalue weighted by molar-refractivity contribution is -0.149. The van der Waals surface area contributed by atoms with Gasteiger partial charge in [0, 0.05) is 19.3 Å². The number of ether oxygens (including phenoxy) is 2. The van der Waals surface area contributed by atoms with E-state index in [1.54, 1.807) is 31.2 Å². The number of likely N-dealkylation sites (tertiary alicyclic amines) is 1. The Hall–Kier alpha value is -3.01. The van der Waals surface area contributed by atoms with E-state index in [4.69, 9.17) is 9.47 Å². The van der Waals surface area contributed by atoms with E-state index in [0.717, 1.165) is 12.8 Å². The summed E-state index contributed by atoms with van der Waals surface area (Å²) in [5, 5.41) is 12.0. The minimum Gasteiger partial charge on any atom is -0.495 e. The van der Waals surface area contributed by atoms with E-state index in [2.05, 4.69) is 5.32 Å². The molecule has 7 nitrogen and oxygen atoms in total. The van der Waals surface area contributed by atoms with Crippen LogP contribution in [0, 0.1) is 17.2 Å². The Morgan fingerprint density at radius 2 is 2.19 bits per heavy atom. The normalized spacial score (nSPS) is 17.2. The van der Waals surface area contributed by atoms with Crippen LogP contribution in [0.3, 0.4) is 0 Å². The maximum atomic E-state index is 12.4. The summed E-state index contributed by atoms with van der Waals surface area (Å²) in [4.78, 5) is 26.2. The van der Waals surface area contributed by atoms with Gasteiger partial charge in [-0.1, -0.05) is 12.1 Å². The van der Waals surface area contributed by atoms with Crippen molar-refractivity contribution in [1.82, 2.24) is 4.90 Å². The first-order valence-corrected chi connectivity index (χ1v) is 8.56. The molecule has 1 unspecified atom stereocenters. The van der Waals surface area contributed by atoms with Crippen LogP contribution >= 0.6 is 0 Å². The summed E-state index contributed by atoms with van der Waals surface area (Å²) < 4.78 is 10.3. The Bertz CT molecular complexity index is 724. The summed E-state index contributed by atoms with van der Waals surface area (Å²) in [6.45, 7) is 3.24. The van der Waals surface area contributed by atoms with Crippen molar-refractivity contribution < 1.29 is 19.1 Å². The molecule has 7 heteroatoms. The smallest absolute Gasteiger partial charge is 0.310 e. The molecule has 1 fully saturated rings. The van der Waals surface area contributed by atoms with Crippen LogP contribution in [-0.4, -0.2) is 43.6 Å². The van der Waals surface area contributed by atoms with Gasteiger partial charge >= 0.3 is 5.97 Å². The molecular formula is C19H23N3O4. The number of hydrogen-bond donors (Lipinski definition) is 1. The third-order valence-electron chi connectivity index (χ3n) is 4.10. The van der Waals surface area contributed by atoms with Crippen molar-refractivity contribution in [3.63, 3.8) is 0 Å². The topological polar surface area (TPSA) is 91.7 Å². The van der Waals surface area contributed by atoms with Gasteiger partial charge in [0.05, 0.1) is 25.3 Å². The Kier molecular flexibility index (Phi) is 7.03. The molecule has 1 heterocycles. The summed E-state index contributed by atoms with van der Waals surface area (Å²) >= 11 is 0. The van der Waals surface area contributed by atoms with E-state index >= 15 is 0 Å². The minimum absolute atomic E-state index is 0.0274. The third kappa shape index (κ3) is 4.99. The lowest BCUT2D eigenvalue weighted by Gasteiger charge is -2.30. The molecule has 1 saturated heterocycles. The number of nitrogens with one attached hydrogen (secondary N) is 1. The molecule has 1 aliphatic rings. The van der Waals surface area contributed by atoms with Crippen LogP contribution in [0.1, 0.15) is 19.8 Å². The van der Waals surface area contributed by atoms with Crippen LogP contribution in [0.4, 0.5) is 5.69 Å². The van der Waals surface area contributed by atoms with E-state index < -0.39 is 5.91 Å². The molecule has 0 aromatic heterocycles. The van der Waals surface area contributed by atoms with Gasteiger partial charge in [0.1, 0.15) is 17.4 Å². The second-order valence-electron chi connectivity index (χ2n) is 5.90. The third-order valence-corrected chi connectivity index (χ3v) is 4.10. The Morgan fingerprint density at radius 3 is 2.88 bits per heavy atom. The number of methoxy groups -OCH3 is 1. The van der Waals surface area contributed by atoms with Crippen LogP contribution in [0.25, 0.3) is 0 Å². The average Bonchev–Trinajstić information content (AvgIpc) is 2.66. The van der Waals surface area contributed by atoms with Crippen LogP contribution in [0.5, 0.6) is 5.75 Å². The minimum atomic E-state index is -0.518. The highest BCUT2D eigenvalue weighted by Gasteiger charge is 2.26. The molecule has 0 spiro atoms. The highest BCUT2D eigenvalue weighted by atomic mass is 16.5. The molecule has 0 bridgehead atoms. The SMILES string of the molecule is CCOC(=O)C1CCCN(/C=C(/C#N)C(=O)Nc2ccccc2OC)C1. The zero-order valence-corrected chi connectivity index (χ0v) is 15.0. The first-order chi connectivity index (χ1) is 12.6. The van der Waals surface area contributed by atoms with Crippen LogP contribution in [0.2, 0.25) is 0 Å². The largest absolute Gasteiger partial charge is 0.495 e. The average molecular weight is 357 g/mol. The van der Waals surface area contributed by atoms with E-state index in [1.807, 2.05) is 11.0 Å². The first kappa shape index (κ1) is 19.3. The number of benzene rings is 1. The summed E-state index contributed by atoms with van der Waals surface area (Å²) in [6.07, 6.45) is 3.06. The van der Waals surface area contributed by atoms with Gasteiger partial charge < -0.3 is 19.7 Å². The van der Waals surface area contributed by atoms with Crippen LogP contribution < -0.4 is 10.1 Å². The van der Waals surface area contributed by atoms with Crippen molar-refractivity contribution in [2.24, 2.45) is 5.92 Å². The predicted octanol–water partition coefficient (Wildman–Crippen LogP) is 2.32. The number of piperidine rings is 1. The summed E-state index contributed by atoms with van der Waals surface area (Å²) in [5.74, 6) is -0.478. The molecular weight excluding hydrogens is 334 g/mol. The van der Waals surface area contributed by atoms with Gasteiger partial charge in [-0.05, 0) is 31.9 Å². The number of esters is 1. The second kappa shape index (κ2) is 9.47. The van der Waals surface area contributed by atoms with Crippen molar-refractivity contribution in [1.29, 1.82) is 5.26 Å². The molecule has 0 saturated carbocycles. The molecule has 0 aliphatic carbocycles. The molecule has 1 aromatic rings. The van der Waals surface area contributed by atoms with Gasteiger partial charge in [-0.25, -0.2) is 0 Å². The summed E-state index contributed by atoms with van der Waals surface area (Å²) in [7, 11) is 1.51. The van der Waals surface area contributed by atoms with Crippen molar-refractivity contribution in [3.8, 4) is 11.8 Å². The maximum Gasteiger partial charge on any atom is 0.310 e. The highest BCUT2D eigenvalue weighted by molar-refractivity contribution is 6.07.